The maximum absolute atomic E-state index is 11.5. The number of ether oxygens (including phenoxy) is 2. The minimum Gasteiger partial charge on any atom is -0.481 e. The highest BCUT2D eigenvalue weighted by Crippen LogP contribution is 2.13. The molecule has 0 saturated heterocycles. The molecule has 0 aliphatic carbocycles. The first kappa shape index (κ1) is 27.8. The summed E-state index contributed by atoms with van der Waals surface area (Å²) in [5, 5.41) is 17.5. The number of allylic oxidation sites excluding steroid dienone is 2. The van der Waals surface area contributed by atoms with Crippen LogP contribution in [0.5, 0.6) is 0 Å². The van der Waals surface area contributed by atoms with Gasteiger partial charge in [0.15, 0.2) is 6.79 Å². The van der Waals surface area contributed by atoms with Crippen molar-refractivity contribution in [1.29, 1.82) is 0 Å². The maximum Gasteiger partial charge on any atom is 0.333 e. The topological polar surface area (TPSA) is 110 Å². The second-order valence-electron chi connectivity index (χ2n) is 7.38. The Morgan fingerprint density at radius 2 is 1.30 bits per heavy atom. The van der Waals surface area contributed by atoms with Gasteiger partial charge in [-0.2, -0.15) is 0 Å². The Balaban J connectivity index is 3.73. The second kappa shape index (κ2) is 20.1. The van der Waals surface area contributed by atoms with Gasteiger partial charge in [-0.25, -0.2) is 4.79 Å². The fraction of sp³-hybridized carbons (Fsp3) is 0.696. The van der Waals surface area contributed by atoms with Gasteiger partial charge in [0.2, 0.25) is 0 Å². The molecule has 0 amide bonds. The number of unbranched alkanes of at least 4 members (excludes halogenated alkanes) is 11. The Bertz CT molecular complexity index is 538. The van der Waals surface area contributed by atoms with Gasteiger partial charge in [-0.3, -0.25) is 9.59 Å². The van der Waals surface area contributed by atoms with Crippen LogP contribution in [0.25, 0.3) is 0 Å². The van der Waals surface area contributed by atoms with E-state index in [1.807, 2.05) is 6.08 Å². The Morgan fingerprint density at radius 3 is 1.80 bits per heavy atom. The molecule has 30 heavy (non-hydrogen) atoms. The summed E-state index contributed by atoms with van der Waals surface area (Å²) in [5.41, 5.74) is 0.409. The van der Waals surface area contributed by atoms with Crippen molar-refractivity contribution in [3.63, 3.8) is 0 Å². The number of carboxylic acid groups (broad SMARTS) is 2. The number of aliphatic carboxylic acids is 2. The standard InChI is InChI=1S/C23H38O7/c1-29-19-30-23(28)18-20(17-22(26)27)15-13-11-9-7-5-3-2-4-6-8-10-12-14-16-21(24)25/h13,15,18H,2-12,14,16-17,19H2,1H3,(H,24,25)(H,26,27)/b15-13+,20-18+. The predicted molar refractivity (Wildman–Crippen MR) is 115 cm³/mol. The summed E-state index contributed by atoms with van der Waals surface area (Å²) in [5.74, 6) is -2.31. The molecule has 0 aliphatic heterocycles. The molecule has 7 nitrogen and oxygen atoms in total. The van der Waals surface area contributed by atoms with Crippen LogP contribution in [-0.2, 0) is 23.9 Å². The lowest BCUT2D eigenvalue weighted by Gasteiger charge is -2.03. The maximum atomic E-state index is 11.5. The quantitative estimate of drug-likeness (QED) is 0.0899. The second-order valence-corrected chi connectivity index (χ2v) is 7.38. The van der Waals surface area contributed by atoms with Crippen LogP contribution < -0.4 is 0 Å². The van der Waals surface area contributed by atoms with E-state index < -0.39 is 17.9 Å². The number of hydrogen-bond donors (Lipinski definition) is 2. The van der Waals surface area contributed by atoms with Crippen LogP contribution in [0.1, 0.15) is 89.9 Å². The number of rotatable bonds is 20. The van der Waals surface area contributed by atoms with E-state index >= 15 is 0 Å². The third kappa shape index (κ3) is 20.6. The molecule has 7 heteroatoms. The van der Waals surface area contributed by atoms with Crippen LogP contribution in [0.4, 0.5) is 0 Å². The minimum atomic E-state index is -0.995. The summed E-state index contributed by atoms with van der Waals surface area (Å²) in [7, 11) is 1.41. The largest absolute Gasteiger partial charge is 0.481 e. The summed E-state index contributed by atoms with van der Waals surface area (Å²) in [6.45, 7) is -0.161. The monoisotopic (exact) mass is 426 g/mol. The van der Waals surface area contributed by atoms with Gasteiger partial charge in [0, 0.05) is 19.6 Å². The highest BCUT2D eigenvalue weighted by Gasteiger charge is 2.05. The molecule has 0 aromatic carbocycles. The summed E-state index contributed by atoms with van der Waals surface area (Å²) >= 11 is 0. The van der Waals surface area contributed by atoms with Crippen molar-refractivity contribution in [2.45, 2.75) is 89.9 Å². The van der Waals surface area contributed by atoms with Crippen LogP contribution in [0, 0.1) is 0 Å². The van der Waals surface area contributed by atoms with Crippen LogP contribution in [0.15, 0.2) is 23.8 Å². The zero-order valence-corrected chi connectivity index (χ0v) is 18.3. The van der Waals surface area contributed by atoms with Crippen molar-refractivity contribution in [2.24, 2.45) is 0 Å². The zero-order chi connectivity index (χ0) is 22.5. The van der Waals surface area contributed by atoms with E-state index in [1.54, 1.807) is 6.08 Å². The van der Waals surface area contributed by atoms with Crippen molar-refractivity contribution in [2.75, 3.05) is 13.9 Å². The van der Waals surface area contributed by atoms with Crippen molar-refractivity contribution in [3.05, 3.63) is 23.8 Å². The summed E-state index contributed by atoms with van der Waals surface area (Å²) in [6.07, 6.45) is 18.1. The van der Waals surface area contributed by atoms with Crippen molar-refractivity contribution >= 4 is 17.9 Å². The molecule has 0 saturated carbocycles. The van der Waals surface area contributed by atoms with E-state index in [-0.39, 0.29) is 19.6 Å². The molecule has 0 aliphatic rings. The van der Waals surface area contributed by atoms with Gasteiger partial charge in [-0.05, 0) is 24.8 Å². The molecule has 0 aromatic rings. The number of methoxy groups -OCH3 is 1. The molecular weight excluding hydrogens is 388 g/mol. The van der Waals surface area contributed by atoms with E-state index in [2.05, 4.69) is 4.74 Å². The molecule has 0 spiro atoms. The molecule has 0 aromatic heterocycles. The van der Waals surface area contributed by atoms with Gasteiger partial charge >= 0.3 is 17.9 Å². The Hall–Kier alpha value is -2.15. The van der Waals surface area contributed by atoms with Crippen molar-refractivity contribution in [1.82, 2.24) is 0 Å². The van der Waals surface area contributed by atoms with Gasteiger partial charge < -0.3 is 19.7 Å². The molecule has 0 rings (SSSR count). The molecule has 0 bridgehead atoms. The number of carbonyl (C=O) groups excluding carboxylic acids is 1. The normalized spacial score (nSPS) is 11.7. The number of carboxylic acids is 2. The highest BCUT2D eigenvalue weighted by molar-refractivity contribution is 5.85. The lowest BCUT2D eigenvalue weighted by atomic mass is 10.0. The molecule has 2 N–H and O–H groups in total. The first-order valence-electron chi connectivity index (χ1n) is 10.9. The fourth-order valence-corrected chi connectivity index (χ4v) is 3.01. The Kier molecular flexibility index (Phi) is 18.7. The van der Waals surface area contributed by atoms with E-state index in [1.165, 1.54) is 51.7 Å². The van der Waals surface area contributed by atoms with Crippen molar-refractivity contribution < 1.29 is 34.1 Å². The number of carbonyl (C=O) groups is 3. The third-order valence-corrected chi connectivity index (χ3v) is 4.57. The van der Waals surface area contributed by atoms with Gasteiger partial charge in [0.05, 0.1) is 6.42 Å². The smallest absolute Gasteiger partial charge is 0.333 e. The molecule has 0 fully saturated rings. The van der Waals surface area contributed by atoms with Crippen LogP contribution in [0.2, 0.25) is 0 Å². The molecule has 0 atom stereocenters. The first-order valence-corrected chi connectivity index (χ1v) is 10.9. The van der Waals surface area contributed by atoms with E-state index in [9.17, 15) is 14.4 Å². The average Bonchev–Trinajstić information content (AvgIpc) is 2.68. The molecular formula is C23H38O7. The lowest BCUT2D eigenvalue weighted by Crippen LogP contribution is -2.05. The van der Waals surface area contributed by atoms with Gasteiger partial charge in [0.1, 0.15) is 0 Å². The molecule has 172 valence electrons. The van der Waals surface area contributed by atoms with Gasteiger partial charge in [-0.1, -0.05) is 69.9 Å². The minimum absolute atomic E-state index is 0.161. The lowest BCUT2D eigenvalue weighted by molar-refractivity contribution is -0.148. The first-order chi connectivity index (χ1) is 14.5. The Labute approximate surface area is 180 Å². The van der Waals surface area contributed by atoms with Gasteiger partial charge in [0.25, 0.3) is 0 Å². The fourth-order valence-electron chi connectivity index (χ4n) is 3.01. The summed E-state index contributed by atoms with van der Waals surface area (Å²) < 4.78 is 9.39. The third-order valence-electron chi connectivity index (χ3n) is 4.57. The number of hydrogen-bond acceptors (Lipinski definition) is 5. The van der Waals surface area contributed by atoms with Gasteiger partial charge in [-0.15, -0.1) is 0 Å². The molecule has 0 heterocycles. The molecule has 0 unspecified atom stereocenters. The van der Waals surface area contributed by atoms with Crippen molar-refractivity contribution in [3.8, 4) is 0 Å². The number of esters is 1. The summed E-state index contributed by atoms with van der Waals surface area (Å²) in [6, 6.07) is 0. The highest BCUT2D eigenvalue weighted by atomic mass is 16.7. The SMILES string of the molecule is COCOC(=O)/C=C(\C=C\CCCCCCCCCCCCCC(=O)O)CC(=O)O. The van der Waals surface area contributed by atoms with Crippen LogP contribution in [-0.4, -0.2) is 42.0 Å². The predicted octanol–water partition coefficient (Wildman–Crippen LogP) is 5.25. The average molecular weight is 427 g/mol. The summed E-state index contributed by atoms with van der Waals surface area (Å²) in [4.78, 5) is 32.9. The van der Waals surface area contributed by atoms with E-state index in [4.69, 9.17) is 14.9 Å². The molecule has 0 radical (unpaired) electrons. The van der Waals surface area contributed by atoms with Crippen LogP contribution >= 0.6 is 0 Å². The van der Waals surface area contributed by atoms with E-state index in [0.717, 1.165) is 38.5 Å². The van der Waals surface area contributed by atoms with Crippen LogP contribution in [0.3, 0.4) is 0 Å². The Morgan fingerprint density at radius 1 is 0.767 bits per heavy atom. The van der Waals surface area contributed by atoms with E-state index in [0.29, 0.717) is 5.57 Å². The zero-order valence-electron chi connectivity index (χ0n) is 18.3.